The molecule has 0 unspecified atom stereocenters. The largest absolute Gasteiger partial charge is 0.494 e. The summed E-state index contributed by atoms with van der Waals surface area (Å²) in [5.41, 5.74) is 2.85. The zero-order valence-electron chi connectivity index (χ0n) is 18.4. The van der Waals surface area contributed by atoms with Crippen molar-refractivity contribution >= 4 is 17.3 Å². The minimum atomic E-state index is -0.133. The smallest absolute Gasteiger partial charge is 0.243 e. The fourth-order valence-corrected chi connectivity index (χ4v) is 3.07. The van der Waals surface area contributed by atoms with Crippen LogP contribution in [0.25, 0.3) is 0 Å². The fraction of sp³-hybridized carbons (Fsp3) is 0.269. The van der Waals surface area contributed by atoms with Crippen molar-refractivity contribution in [2.45, 2.75) is 12.8 Å². The Morgan fingerprint density at radius 3 is 2.34 bits per heavy atom. The third-order valence-electron chi connectivity index (χ3n) is 4.70. The summed E-state index contributed by atoms with van der Waals surface area (Å²) in [6.45, 7) is 1.83. The molecule has 0 spiro atoms. The number of anilines is 2. The molecule has 32 heavy (non-hydrogen) atoms. The monoisotopic (exact) mass is 434 g/mol. The standard InChI is InChI=1S/C26H30N2O4/c1-30-17-18-32-24-14-12-22(13-15-24)27-20-26(29)28-23-10-5-11-25(19-23)31-16-6-9-21-7-3-2-4-8-21/h2-5,7-8,10-15,19,27H,6,9,16-18,20H2,1H3,(H,28,29). The molecule has 0 heterocycles. The molecule has 0 aliphatic heterocycles. The van der Waals surface area contributed by atoms with Gasteiger partial charge in [-0.3, -0.25) is 4.79 Å². The fourth-order valence-electron chi connectivity index (χ4n) is 3.07. The van der Waals surface area contributed by atoms with E-state index in [2.05, 4.69) is 22.8 Å². The second kappa shape index (κ2) is 13.0. The van der Waals surface area contributed by atoms with Gasteiger partial charge in [0.05, 0.1) is 19.8 Å². The molecular weight excluding hydrogens is 404 g/mol. The Bertz CT molecular complexity index is 946. The summed E-state index contributed by atoms with van der Waals surface area (Å²) >= 11 is 0. The molecular formula is C26H30N2O4. The van der Waals surface area contributed by atoms with Crippen LogP contribution in [-0.4, -0.2) is 39.4 Å². The number of nitrogens with one attached hydrogen (secondary N) is 2. The van der Waals surface area contributed by atoms with E-state index in [9.17, 15) is 4.79 Å². The number of hydrogen-bond acceptors (Lipinski definition) is 5. The van der Waals surface area contributed by atoms with Crippen LogP contribution in [0.5, 0.6) is 11.5 Å². The van der Waals surface area contributed by atoms with Crippen LogP contribution in [0.2, 0.25) is 0 Å². The van der Waals surface area contributed by atoms with Crippen molar-refractivity contribution in [3.05, 3.63) is 84.4 Å². The predicted octanol–water partition coefficient (Wildman–Crippen LogP) is 4.77. The van der Waals surface area contributed by atoms with Crippen molar-refractivity contribution in [2.75, 3.05) is 44.1 Å². The van der Waals surface area contributed by atoms with Crippen molar-refractivity contribution < 1.29 is 19.0 Å². The van der Waals surface area contributed by atoms with Crippen LogP contribution in [-0.2, 0) is 16.0 Å². The topological polar surface area (TPSA) is 68.8 Å². The van der Waals surface area contributed by atoms with Crippen molar-refractivity contribution in [3.63, 3.8) is 0 Å². The zero-order valence-corrected chi connectivity index (χ0v) is 18.4. The van der Waals surface area contributed by atoms with Crippen LogP contribution in [0.3, 0.4) is 0 Å². The first-order valence-electron chi connectivity index (χ1n) is 10.8. The molecule has 0 atom stereocenters. The summed E-state index contributed by atoms with van der Waals surface area (Å²) in [7, 11) is 1.64. The summed E-state index contributed by atoms with van der Waals surface area (Å²) in [4.78, 5) is 12.3. The molecule has 0 radical (unpaired) electrons. The first-order valence-corrected chi connectivity index (χ1v) is 10.8. The van der Waals surface area contributed by atoms with E-state index in [1.165, 1.54) is 5.56 Å². The average molecular weight is 435 g/mol. The molecule has 0 aliphatic rings. The van der Waals surface area contributed by atoms with Gasteiger partial charge in [-0.25, -0.2) is 0 Å². The van der Waals surface area contributed by atoms with Crippen molar-refractivity contribution in [3.8, 4) is 11.5 Å². The summed E-state index contributed by atoms with van der Waals surface area (Å²) in [6.07, 6.45) is 1.91. The van der Waals surface area contributed by atoms with Gasteiger partial charge in [0.2, 0.25) is 5.91 Å². The SMILES string of the molecule is COCCOc1ccc(NCC(=O)Nc2cccc(OCCCc3ccccc3)c2)cc1. The van der Waals surface area contributed by atoms with E-state index in [1.54, 1.807) is 7.11 Å². The molecule has 1 amide bonds. The molecule has 3 aromatic rings. The number of amides is 1. The molecule has 0 aliphatic carbocycles. The Kier molecular flexibility index (Phi) is 9.42. The van der Waals surface area contributed by atoms with Crippen LogP contribution in [0, 0.1) is 0 Å². The van der Waals surface area contributed by atoms with Crippen LogP contribution < -0.4 is 20.1 Å². The van der Waals surface area contributed by atoms with Gasteiger partial charge in [-0.15, -0.1) is 0 Å². The summed E-state index contributed by atoms with van der Waals surface area (Å²) in [6, 6.07) is 25.3. The minimum absolute atomic E-state index is 0.133. The highest BCUT2D eigenvalue weighted by Crippen LogP contribution is 2.18. The highest BCUT2D eigenvalue weighted by Gasteiger charge is 2.04. The number of ether oxygens (including phenoxy) is 3. The van der Waals surface area contributed by atoms with Crippen LogP contribution in [0.15, 0.2) is 78.9 Å². The van der Waals surface area contributed by atoms with Crippen LogP contribution in [0.4, 0.5) is 11.4 Å². The molecule has 6 nitrogen and oxygen atoms in total. The molecule has 0 saturated heterocycles. The van der Waals surface area contributed by atoms with Gasteiger partial charge in [0, 0.05) is 24.6 Å². The summed E-state index contributed by atoms with van der Waals surface area (Å²) in [5, 5.41) is 6.00. The third kappa shape index (κ3) is 8.32. The van der Waals surface area contributed by atoms with Crippen molar-refractivity contribution in [1.82, 2.24) is 0 Å². The average Bonchev–Trinajstić information content (AvgIpc) is 2.82. The van der Waals surface area contributed by atoms with E-state index in [4.69, 9.17) is 14.2 Å². The molecule has 3 rings (SSSR count). The molecule has 2 N–H and O–H groups in total. The van der Waals surface area contributed by atoms with Crippen molar-refractivity contribution in [1.29, 1.82) is 0 Å². The van der Waals surface area contributed by atoms with E-state index >= 15 is 0 Å². The van der Waals surface area contributed by atoms with E-state index in [0.29, 0.717) is 25.5 Å². The molecule has 0 saturated carbocycles. The Hall–Kier alpha value is -3.51. The van der Waals surface area contributed by atoms with E-state index in [1.807, 2.05) is 66.7 Å². The molecule has 6 heteroatoms. The number of benzene rings is 3. The normalized spacial score (nSPS) is 10.4. The van der Waals surface area contributed by atoms with Gasteiger partial charge < -0.3 is 24.8 Å². The maximum atomic E-state index is 12.3. The second-order valence-corrected chi connectivity index (χ2v) is 7.23. The molecule has 0 bridgehead atoms. The maximum Gasteiger partial charge on any atom is 0.243 e. The van der Waals surface area contributed by atoms with Gasteiger partial charge in [0.15, 0.2) is 0 Å². The lowest BCUT2D eigenvalue weighted by Gasteiger charge is -2.11. The van der Waals surface area contributed by atoms with Gasteiger partial charge in [0.25, 0.3) is 0 Å². The second-order valence-electron chi connectivity index (χ2n) is 7.23. The molecule has 0 fully saturated rings. The number of carbonyl (C=O) groups is 1. The number of hydrogen-bond donors (Lipinski definition) is 2. The quantitative estimate of drug-likeness (QED) is 0.379. The minimum Gasteiger partial charge on any atom is -0.494 e. The van der Waals surface area contributed by atoms with Gasteiger partial charge in [-0.1, -0.05) is 36.4 Å². The highest BCUT2D eigenvalue weighted by molar-refractivity contribution is 5.93. The maximum absolute atomic E-state index is 12.3. The Balaban J connectivity index is 1.38. The zero-order chi connectivity index (χ0) is 22.4. The summed E-state index contributed by atoms with van der Waals surface area (Å²) in [5.74, 6) is 1.37. The van der Waals surface area contributed by atoms with Crippen molar-refractivity contribution in [2.24, 2.45) is 0 Å². The van der Waals surface area contributed by atoms with Crippen LogP contribution in [0.1, 0.15) is 12.0 Å². The number of rotatable bonds is 13. The first kappa shape index (κ1) is 23.2. The van der Waals surface area contributed by atoms with E-state index < -0.39 is 0 Å². The van der Waals surface area contributed by atoms with Gasteiger partial charge in [-0.2, -0.15) is 0 Å². The lowest BCUT2D eigenvalue weighted by molar-refractivity contribution is -0.114. The third-order valence-corrected chi connectivity index (χ3v) is 4.70. The first-order chi connectivity index (χ1) is 15.7. The van der Waals surface area contributed by atoms with Gasteiger partial charge >= 0.3 is 0 Å². The van der Waals surface area contributed by atoms with E-state index in [0.717, 1.165) is 30.0 Å². The lowest BCUT2D eigenvalue weighted by Crippen LogP contribution is -2.21. The Morgan fingerprint density at radius 2 is 1.56 bits per heavy atom. The Morgan fingerprint density at radius 1 is 0.781 bits per heavy atom. The number of methoxy groups -OCH3 is 1. The number of aryl methyl sites for hydroxylation is 1. The Labute approximate surface area is 189 Å². The molecule has 3 aromatic carbocycles. The van der Waals surface area contributed by atoms with Gasteiger partial charge in [0.1, 0.15) is 18.1 Å². The summed E-state index contributed by atoms with van der Waals surface area (Å²) < 4.78 is 16.3. The van der Waals surface area contributed by atoms with Gasteiger partial charge in [-0.05, 0) is 54.8 Å². The lowest BCUT2D eigenvalue weighted by atomic mass is 10.1. The predicted molar refractivity (Wildman–Crippen MR) is 128 cm³/mol. The van der Waals surface area contributed by atoms with Crippen LogP contribution >= 0.6 is 0 Å². The van der Waals surface area contributed by atoms with E-state index in [-0.39, 0.29) is 12.5 Å². The highest BCUT2D eigenvalue weighted by atomic mass is 16.5. The number of carbonyl (C=O) groups excluding carboxylic acids is 1. The molecule has 168 valence electrons. The molecule has 0 aromatic heterocycles.